The fourth-order valence-corrected chi connectivity index (χ4v) is 3.10. The van der Waals surface area contributed by atoms with Gasteiger partial charge in [-0.05, 0) is 24.8 Å². The molecule has 21 heavy (non-hydrogen) atoms. The number of aromatic nitrogens is 1. The van der Waals surface area contributed by atoms with E-state index < -0.39 is 10.0 Å². The molecule has 1 aliphatic heterocycles. The largest absolute Gasteiger partial charge is 0.384 e. The summed E-state index contributed by atoms with van der Waals surface area (Å²) < 4.78 is 32.1. The zero-order valence-corrected chi connectivity index (χ0v) is 12.4. The van der Waals surface area contributed by atoms with Crippen molar-refractivity contribution in [2.24, 2.45) is 5.92 Å². The van der Waals surface area contributed by atoms with Gasteiger partial charge in [-0.25, -0.2) is 13.1 Å². The van der Waals surface area contributed by atoms with Gasteiger partial charge in [-0.3, -0.25) is 4.98 Å². The van der Waals surface area contributed by atoms with Crippen molar-refractivity contribution in [3.63, 3.8) is 0 Å². The molecule has 0 amide bonds. The number of sulfonamides is 1. The summed E-state index contributed by atoms with van der Waals surface area (Å²) in [5.41, 5.74) is 0.455. The SMILES string of the molecule is O=S(=O)(NCCC1CCOC1)c1cncc(C#CCO)c1. The number of aliphatic hydroxyl groups excluding tert-OH is 1. The second-order valence-corrected chi connectivity index (χ2v) is 6.55. The molecule has 0 saturated carbocycles. The molecule has 114 valence electrons. The summed E-state index contributed by atoms with van der Waals surface area (Å²) in [6.07, 6.45) is 4.48. The number of hydrogen-bond acceptors (Lipinski definition) is 5. The molecule has 1 atom stereocenters. The summed E-state index contributed by atoms with van der Waals surface area (Å²) in [6, 6.07) is 1.44. The molecule has 1 aromatic rings. The van der Waals surface area contributed by atoms with Crippen molar-refractivity contribution in [1.82, 2.24) is 9.71 Å². The quantitative estimate of drug-likeness (QED) is 0.755. The van der Waals surface area contributed by atoms with Crippen molar-refractivity contribution in [2.45, 2.75) is 17.7 Å². The Morgan fingerprint density at radius 2 is 2.33 bits per heavy atom. The van der Waals surface area contributed by atoms with E-state index in [0.717, 1.165) is 19.4 Å². The number of hydrogen-bond donors (Lipinski definition) is 2. The third kappa shape index (κ3) is 4.79. The second kappa shape index (κ2) is 7.52. The zero-order chi connectivity index (χ0) is 15.1. The maximum Gasteiger partial charge on any atom is 0.242 e. The van der Waals surface area contributed by atoms with Gasteiger partial charge in [-0.2, -0.15) is 0 Å². The summed E-state index contributed by atoms with van der Waals surface area (Å²) in [7, 11) is -3.58. The summed E-state index contributed by atoms with van der Waals surface area (Å²) in [6.45, 7) is 1.56. The van der Waals surface area contributed by atoms with Crippen LogP contribution >= 0.6 is 0 Å². The van der Waals surface area contributed by atoms with Gasteiger partial charge in [-0.1, -0.05) is 11.8 Å². The average molecular weight is 310 g/mol. The molecule has 2 N–H and O–H groups in total. The normalized spacial score (nSPS) is 18.2. The van der Waals surface area contributed by atoms with Gasteiger partial charge >= 0.3 is 0 Å². The summed E-state index contributed by atoms with van der Waals surface area (Å²) in [5, 5.41) is 8.64. The average Bonchev–Trinajstić information content (AvgIpc) is 2.98. The molecular weight excluding hydrogens is 292 g/mol. The van der Waals surface area contributed by atoms with Gasteiger partial charge in [0.15, 0.2) is 0 Å². The standard InChI is InChI=1S/C14H18N2O4S/c17-6-1-2-13-8-14(10-15-9-13)21(18,19)16-5-3-12-4-7-20-11-12/h8-10,12,16-17H,3-7,11H2. The van der Waals surface area contributed by atoms with Crippen molar-refractivity contribution in [1.29, 1.82) is 0 Å². The number of nitrogens with one attached hydrogen (secondary N) is 1. The summed E-state index contributed by atoms with van der Waals surface area (Å²) in [4.78, 5) is 3.94. The molecule has 1 unspecified atom stereocenters. The first-order valence-electron chi connectivity index (χ1n) is 6.74. The Balaban J connectivity index is 1.97. The van der Waals surface area contributed by atoms with Gasteiger partial charge in [0.2, 0.25) is 10.0 Å². The highest BCUT2D eigenvalue weighted by molar-refractivity contribution is 7.89. The first kappa shape index (κ1) is 15.9. The lowest BCUT2D eigenvalue weighted by Crippen LogP contribution is -2.26. The van der Waals surface area contributed by atoms with E-state index in [2.05, 4.69) is 21.5 Å². The topological polar surface area (TPSA) is 88.5 Å². The molecule has 1 aliphatic rings. The minimum Gasteiger partial charge on any atom is -0.384 e. The maximum absolute atomic E-state index is 12.2. The van der Waals surface area contributed by atoms with E-state index in [9.17, 15) is 8.42 Å². The highest BCUT2D eigenvalue weighted by Gasteiger charge is 2.18. The van der Waals surface area contributed by atoms with E-state index in [0.29, 0.717) is 24.6 Å². The summed E-state index contributed by atoms with van der Waals surface area (Å²) >= 11 is 0. The number of nitrogens with zero attached hydrogens (tertiary/aromatic N) is 1. The molecule has 0 radical (unpaired) electrons. The minimum absolute atomic E-state index is 0.0786. The van der Waals surface area contributed by atoms with Gasteiger partial charge in [0.1, 0.15) is 11.5 Å². The van der Waals surface area contributed by atoms with E-state index >= 15 is 0 Å². The predicted octanol–water partition coefficient (Wildman–Crippen LogP) is 0.130. The van der Waals surface area contributed by atoms with Gasteiger partial charge in [0.05, 0.1) is 0 Å². The Kier molecular flexibility index (Phi) is 5.70. The van der Waals surface area contributed by atoms with Crippen molar-refractivity contribution >= 4 is 10.0 Å². The number of aliphatic hydroxyl groups is 1. The fraction of sp³-hybridized carbons (Fsp3) is 0.500. The Morgan fingerprint density at radius 1 is 1.48 bits per heavy atom. The van der Waals surface area contributed by atoms with Crippen LogP contribution in [0.1, 0.15) is 18.4 Å². The molecule has 1 aromatic heterocycles. The van der Waals surface area contributed by atoms with Gasteiger partial charge in [0, 0.05) is 37.7 Å². The van der Waals surface area contributed by atoms with Crippen molar-refractivity contribution in [2.75, 3.05) is 26.4 Å². The fourth-order valence-electron chi connectivity index (χ4n) is 2.07. The summed E-state index contributed by atoms with van der Waals surface area (Å²) in [5.74, 6) is 5.52. The maximum atomic E-state index is 12.2. The van der Waals surface area contributed by atoms with Crippen LogP contribution in [0.3, 0.4) is 0 Å². The van der Waals surface area contributed by atoms with Crippen LogP contribution in [0.5, 0.6) is 0 Å². The van der Waals surface area contributed by atoms with E-state index in [1.54, 1.807) is 0 Å². The van der Waals surface area contributed by atoms with E-state index in [-0.39, 0.29) is 11.5 Å². The van der Waals surface area contributed by atoms with Crippen LogP contribution in [-0.2, 0) is 14.8 Å². The Hall–Kier alpha value is -1.46. The van der Waals surface area contributed by atoms with Crippen molar-refractivity contribution in [3.05, 3.63) is 24.0 Å². The number of ether oxygens (including phenoxy) is 1. The first-order valence-corrected chi connectivity index (χ1v) is 8.22. The molecule has 7 heteroatoms. The predicted molar refractivity (Wildman–Crippen MR) is 76.9 cm³/mol. The molecule has 1 saturated heterocycles. The Bertz CT molecular complexity index is 628. The number of rotatable bonds is 5. The molecule has 2 heterocycles. The van der Waals surface area contributed by atoms with Gasteiger partial charge in [-0.15, -0.1) is 0 Å². The van der Waals surface area contributed by atoms with E-state index in [4.69, 9.17) is 9.84 Å². The molecular formula is C14H18N2O4S. The molecule has 0 aromatic carbocycles. The Morgan fingerprint density at radius 3 is 3.05 bits per heavy atom. The lowest BCUT2D eigenvalue weighted by Gasteiger charge is -2.09. The molecule has 1 fully saturated rings. The lowest BCUT2D eigenvalue weighted by molar-refractivity contribution is 0.184. The second-order valence-electron chi connectivity index (χ2n) is 4.79. The third-order valence-corrected chi connectivity index (χ3v) is 4.63. The van der Waals surface area contributed by atoms with E-state index in [1.165, 1.54) is 18.5 Å². The highest BCUT2D eigenvalue weighted by atomic mass is 32.2. The molecule has 6 nitrogen and oxygen atoms in total. The lowest BCUT2D eigenvalue weighted by atomic mass is 10.1. The van der Waals surface area contributed by atoms with Crippen molar-refractivity contribution < 1.29 is 18.3 Å². The van der Waals surface area contributed by atoms with Crippen LogP contribution in [-0.4, -0.2) is 44.9 Å². The molecule has 0 spiro atoms. The van der Waals surface area contributed by atoms with Crippen molar-refractivity contribution in [3.8, 4) is 11.8 Å². The van der Waals surface area contributed by atoms with Crippen LogP contribution in [0.25, 0.3) is 0 Å². The van der Waals surface area contributed by atoms with Crippen LogP contribution in [0.2, 0.25) is 0 Å². The first-order chi connectivity index (χ1) is 10.1. The van der Waals surface area contributed by atoms with Crippen LogP contribution in [0, 0.1) is 17.8 Å². The van der Waals surface area contributed by atoms with Gasteiger partial charge in [0.25, 0.3) is 0 Å². The van der Waals surface area contributed by atoms with E-state index in [1.807, 2.05) is 0 Å². The zero-order valence-electron chi connectivity index (χ0n) is 11.6. The monoisotopic (exact) mass is 310 g/mol. The molecule has 2 rings (SSSR count). The number of pyridine rings is 1. The third-order valence-electron chi connectivity index (χ3n) is 3.20. The smallest absolute Gasteiger partial charge is 0.242 e. The van der Waals surface area contributed by atoms with Crippen LogP contribution < -0.4 is 4.72 Å². The van der Waals surface area contributed by atoms with Crippen LogP contribution in [0.15, 0.2) is 23.4 Å². The minimum atomic E-state index is -3.58. The molecule has 0 bridgehead atoms. The van der Waals surface area contributed by atoms with Gasteiger partial charge < -0.3 is 9.84 Å². The van der Waals surface area contributed by atoms with Crippen LogP contribution in [0.4, 0.5) is 0 Å². The Labute approximate surface area is 124 Å². The molecule has 0 aliphatic carbocycles. The highest BCUT2D eigenvalue weighted by Crippen LogP contribution is 2.16.